The van der Waals surface area contributed by atoms with Gasteiger partial charge in [0.1, 0.15) is 18.2 Å². The van der Waals surface area contributed by atoms with Gasteiger partial charge in [0.25, 0.3) is 0 Å². The molecule has 0 N–H and O–H groups in total. The van der Waals surface area contributed by atoms with Gasteiger partial charge in [0, 0.05) is 12.6 Å². The first-order valence-electron chi connectivity index (χ1n) is 11.0. The smallest absolute Gasteiger partial charge is 0.416 e. The highest BCUT2D eigenvalue weighted by Crippen LogP contribution is 2.56. The molecule has 1 aliphatic carbocycles. The molecule has 2 aromatic carbocycles. The molecule has 2 saturated heterocycles. The van der Waals surface area contributed by atoms with Crippen LogP contribution in [0.2, 0.25) is 0 Å². The normalized spacial score (nSPS) is 22.0. The number of aromatic nitrogens is 2. The average Bonchev–Trinajstić information content (AvgIpc) is 3.41. The molecule has 4 aliphatic rings. The Bertz CT molecular complexity index is 1370. The van der Waals surface area contributed by atoms with Gasteiger partial charge in [0.15, 0.2) is 17.4 Å². The van der Waals surface area contributed by atoms with Crippen molar-refractivity contribution in [3.63, 3.8) is 0 Å². The third kappa shape index (κ3) is 3.60. The van der Waals surface area contributed by atoms with Crippen molar-refractivity contribution in [2.45, 2.75) is 37.7 Å². The lowest BCUT2D eigenvalue weighted by Gasteiger charge is -2.37. The molecule has 35 heavy (non-hydrogen) atoms. The number of rotatable bonds is 5. The number of ether oxygens (including phenoxy) is 2. The maximum atomic E-state index is 14.6. The van der Waals surface area contributed by atoms with Crippen LogP contribution in [-0.2, 0) is 19.3 Å². The molecule has 0 unspecified atom stereocenters. The number of fused-ring (bicyclic) bond motifs is 1. The Hall–Kier alpha value is -3.63. The summed E-state index contributed by atoms with van der Waals surface area (Å²) in [5, 5.41) is 0. The molecular formula is C24H18F5N3O3. The van der Waals surface area contributed by atoms with Gasteiger partial charge < -0.3 is 14.4 Å². The molecule has 11 heteroatoms. The lowest BCUT2D eigenvalue weighted by atomic mass is 9.74. The zero-order valence-electron chi connectivity index (χ0n) is 18.1. The molecule has 3 aliphatic heterocycles. The van der Waals surface area contributed by atoms with Gasteiger partial charge >= 0.3 is 11.9 Å². The van der Waals surface area contributed by atoms with Crippen molar-refractivity contribution in [3.8, 4) is 17.4 Å². The summed E-state index contributed by atoms with van der Waals surface area (Å²) < 4.78 is 80.0. The fourth-order valence-electron chi connectivity index (χ4n) is 5.39. The molecule has 7 rings (SSSR count). The first-order valence-corrected chi connectivity index (χ1v) is 11.0. The topological polar surface area (TPSA) is 56.6 Å². The minimum Gasteiger partial charge on any atom is -0.473 e. The molecular weight excluding hydrogens is 473 g/mol. The zero-order valence-corrected chi connectivity index (χ0v) is 18.1. The summed E-state index contributed by atoms with van der Waals surface area (Å²) in [6.45, 7) is 1.21. The minimum absolute atomic E-state index is 0.00116. The molecule has 1 aromatic heterocycles. The second-order valence-corrected chi connectivity index (χ2v) is 9.24. The Kier molecular flexibility index (Phi) is 4.64. The van der Waals surface area contributed by atoms with E-state index >= 15 is 0 Å². The average molecular weight is 491 g/mol. The van der Waals surface area contributed by atoms with Crippen LogP contribution in [0.4, 0.5) is 27.8 Å². The van der Waals surface area contributed by atoms with Gasteiger partial charge in [-0.3, -0.25) is 4.57 Å². The van der Waals surface area contributed by atoms with Crippen LogP contribution in [0.15, 0.2) is 47.3 Å². The Balaban J connectivity index is 1.19. The minimum atomic E-state index is -4.62. The van der Waals surface area contributed by atoms with Crippen molar-refractivity contribution in [3.05, 3.63) is 75.7 Å². The third-order valence-electron chi connectivity index (χ3n) is 6.87. The van der Waals surface area contributed by atoms with Crippen molar-refractivity contribution in [2.24, 2.45) is 5.92 Å². The number of anilines is 1. The molecule has 3 aromatic rings. The van der Waals surface area contributed by atoms with Gasteiger partial charge in [-0.05, 0) is 54.7 Å². The Morgan fingerprint density at radius 3 is 2.54 bits per heavy atom. The fraction of sp³-hybridized carbons (Fsp3) is 0.333. The van der Waals surface area contributed by atoms with Gasteiger partial charge in [0.05, 0.1) is 17.6 Å². The van der Waals surface area contributed by atoms with Crippen LogP contribution in [0.1, 0.15) is 24.0 Å². The van der Waals surface area contributed by atoms with Crippen LogP contribution in [0, 0.1) is 17.6 Å². The Morgan fingerprint density at radius 1 is 1.09 bits per heavy atom. The second kappa shape index (κ2) is 7.43. The maximum Gasteiger partial charge on any atom is 0.416 e. The lowest BCUT2D eigenvalue weighted by Crippen LogP contribution is -2.44. The molecule has 0 radical (unpaired) electrons. The standard InChI is InChI=1S/C24H18F5N3O3/c25-17-4-13(5-18(26)21(17)35-16-3-1-2-15(6-16)24(27,28)29)11-34-19-7-20-31(22(33)30-19)12-23-8-14(9-23)10-32(20)23/h1-7,14H,8-12H2. The van der Waals surface area contributed by atoms with Crippen LogP contribution in [0.25, 0.3) is 0 Å². The summed E-state index contributed by atoms with van der Waals surface area (Å²) in [4.78, 5) is 18.6. The van der Waals surface area contributed by atoms with Gasteiger partial charge in [-0.1, -0.05) is 6.07 Å². The summed E-state index contributed by atoms with van der Waals surface area (Å²) in [6.07, 6.45) is -2.52. The van der Waals surface area contributed by atoms with Crippen LogP contribution in [0.5, 0.6) is 17.4 Å². The van der Waals surface area contributed by atoms with E-state index in [9.17, 15) is 26.7 Å². The zero-order chi connectivity index (χ0) is 24.5. The van der Waals surface area contributed by atoms with Crippen molar-refractivity contribution in [1.29, 1.82) is 0 Å². The Labute approximate surface area is 195 Å². The van der Waals surface area contributed by atoms with Crippen molar-refractivity contribution >= 4 is 5.82 Å². The molecule has 3 fully saturated rings. The highest BCUT2D eigenvalue weighted by atomic mass is 19.4. The quantitative estimate of drug-likeness (QED) is 0.476. The van der Waals surface area contributed by atoms with Crippen LogP contribution in [-0.4, -0.2) is 21.6 Å². The third-order valence-corrected chi connectivity index (χ3v) is 6.87. The van der Waals surface area contributed by atoms with E-state index in [-0.39, 0.29) is 29.3 Å². The summed E-state index contributed by atoms with van der Waals surface area (Å²) in [7, 11) is 0. The van der Waals surface area contributed by atoms with E-state index in [0.717, 1.165) is 55.5 Å². The molecule has 182 valence electrons. The van der Waals surface area contributed by atoms with Crippen LogP contribution >= 0.6 is 0 Å². The maximum absolute atomic E-state index is 14.6. The molecule has 1 saturated carbocycles. The van der Waals surface area contributed by atoms with Crippen molar-refractivity contribution in [1.82, 2.24) is 9.55 Å². The SMILES string of the molecule is O=c1nc(OCc2cc(F)c(Oc3cccc(C(F)(F)F)c3)c(F)c2)cc2n1CC13CC(CN21)C3. The Morgan fingerprint density at radius 2 is 1.83 bits per heavy atom. The number of benzene rings is 2. The first kappa shape index (κ1) is 21.9. The van der Waals surface area contributed by atoms with Crippen molar-refractivity contribution in [2.75, 3.05) is 11.4 Å². The van der Waals surface area contributed by atoms with Gasteiger partial charge in [-0.2, -0.15) is 18.2 Å². The van der Waals surface area contributed by atoms with E-state index in [4.69, 9.17) is 9.47 Å². The molecule has 1 spiro atoms. The lowest BCUT2D eigenvalue weighted by molar-refractivity contribution is -0.137. The monoisotopic (exact) mass is 491 g/mol. The van der Waals surface area contributed by atoms with E-state index in [2.05, 4.69) is 9.88 Å². The number of hydrogen-bond acceptors (Lipinski definition) is 5. The van der Waals surface area contributed by atoms with E-state index in [0.29, 0.717) is 18.5 Å². The predicted molar refractivity (Wildman–Crippen MR) is 114 cm³/mol. The van der Waals surface area contributed by atoms with E-state index < -0.39 is 34.8 Å². The number of halogens is 5. The number of nitrogens with zero attached hydrogens (tertiary/aromatic N) is 3. The van der Waals surface area contributed by atoms with Crippen LogP contribution < -0.4 is 20.1 Å². The second-order valence-electron chi connectivity index (χ2n) is 9.24. The number of alkyl halides is 3. The highest BCUT2D eigenvalue weighted by molar-refractivity contribution is 5.54. The molecule has 0 atom stereocenters. The van der Waals surface area contributed by atoms with Gasteiger partial charge in [-0.25, -0.2) is 13.6 Å². The molecule has 4 heterocycles. The summed E-state index contributed by atoms with van der Waals surface area (Å²) >= 11 is 0. The van der Waals surface area contributed by atoms with E-state index in [1.54, 1.807) is 10.6 Å². The van der Waals surface area contributed by atoms with Gasteiger partial charge in [0.2, 0.25) is 5.88 Å². The van der Waals surface area contributed by atoms with E-state index in [1.165, 1.54) is 0 Å². The summed E-state index contributed by atoms with van der Waals surface area (Å²) in [5.74, 6) is -1.99. The number of hydrogen-bond donors (Lipinski definition) is 0. The van der Waals surface area contributed by atoms with Crippen LogP contribution in [0.3, 0.4) is 0 Å². The highest BCUT2D eigenvalue weighted by Gasteiger charge is 2.60. The molecule has 2 bridgehead atoms. The fourth-order valence-corrected chi connectivity index (χ4v) is 5.39. The first-order chi connectivity index (χ1) is 16.6. The molecule has 0 amide bonds. The largest absolute Gasteiger partial charge is 0.473 e. The van der Waals surface area contributed by atoms with Gasteiger partial charge in [-0.15, -0.1) is 0 Å². The predicted octanol–water partition coefficient (Wildman–Crippen LogP) is 4.89. The summed E-state index contributed by atoms with van der Waals surface area (Å²) in [6, 6.07) is 7.29. The molecule has 6 nitrogen and oxygen atoms in total. The summed E-state index contributed by atoms with van der Waals surface area (Å²) in [5.41, 5.74) is -1.35. The van der Waals surface area contributed by atoms with Crippen molar-refractivity contribution < 1.29 is 31.4 Å². The van der Waals surface area contributed by atoms with E-state index in [1.807, 2.05) is 0 Å².